The maximum Gasteiger partial charge on any atom is 0.191 e. The molecular formula is C16H34N4O. The molecule has 5 nitrogen and oxygen atoms in total. The molecule has 124 valence electrons. The summed E-state index contributed by atoms with van der Waals surface area (Å²) in [5.41, 5.74) is 0.138. The van der Waals surface area contributed by atoms with E-state index in [9.17, 15) is 0 Å². The van der Waals surface area contributed by atoms with Crippen molar-refractivity contribution in [1.29, 1.82) is 0 Å². The van der Waals surface area contributed by atoms with Crippen LogP contribution in [0.3, 0.4) is 0 Å². The molecule has 0 radical (unpaired) electrons. The molecule has 0 spiro atoms. The number of ether oxygens (including phenoxy) is 1. The van der Waals surface area contributed by atoms with Crippen molar-refractivity contribution in [2.75, 3.05) is 46.9 Å². The van der Waals surface area contributed by atoms with Crippen LogP contribution in [0.25, 0.3) is 0 Å². The highest BCUT2D eigenvalue weighted by Crippen LogP contribution is 2.26. The normalized spacial score (nSPS) is 19.1. The zero-order valence-electron chi connectivity index (χ0n) is 14.5. The van der Waals surface area contributed by atoms with Crippen LogP contribution in [0.1, 0.15) is 40.0 Å². The quantitative estimate of drug-likeness (QED) is 0.555. The summed E-state index contributed by atoms with van der Waals surface area (Å²) in [6.07, 6.45) is 3.26. The van der Waals surface area contributed by atoms with Gasteiger partial charge in [0.1, 0.15) is 0 Å². The van der Waals surface area contributed by atoms with E-state index in [4.69, 9.17) is 9.73 Å². The molecule has 5 heteroatoms. The summed E-state index contributed by atoms with van der Waals surface area (Å²) in [4.78, 5) is 7.14. The van der Waals surface area contributed by atoms with Crippen molar-refractivity contribution in [2.45, 2.75) is 45.6 Å². The van der Waals surface area contributed by atoms with Crippen molar-refractivity contribution in [3.05, 3.63) is 0 Å². The number of likely N-dealkylation sites (N-methyl/N-ethyl adjacent to an activating group) is 1. The van der Waals surface area contributed by atoms with Crippen molar-refractivity contribution in [2.24, 2.45) is 10.9 Å². The van der Waals surface area contributed by atoms with Gasteiger partial charge in [0.25, 0.3) is 0 Å². The fraction of sp³-hybridized carbons (Fsp3) is 0.938. The second-order valence-electron chi connectivity index (χ2n) is 6.54. The molecule has 1 fully saturated rings. The minimum absolute atomic E-state index is 0.138. The van der Waals surface area contributed by atoms with Crippen LogP contribution >= 0.6 is 0 Å². The SMILES string of the molecule is CCNC(=NCC1(N(C)C)CCOCC1)NCCC(C)C. The number of aliphatic imine (C=N–C) groups is 1. The molecule has 0 aliphatic carbocycles. The predicted molar refractivity (Wildman–Crippen MR) is 89.9 cm³/mol. The van der Waals surface area contributed by atoms with Crippen LogP contribution in [0, 0.1) is 5.92 Å². The molecule has 1 aliphatic rings. The Morgan fingerprint density at radius 3 is 2.43 bits per heavy atom. The largest absolute Gasteiger partial charge is 0.381 e. The first-order chi connectivity index (χ1) is 10.00. The summed E-state index contributed by atoms with van der Waals surface area (Å²) in [6.45, 7) is 11.0. The Labute approximate surface area is 130 Å². The summed E-state index contributed by atoms with van der Waals surface area (Å²) >= 11 is 0. The Bertz CT molecular complexity index is 309. The number of nitrogens with zero attached hydrogens (tertiary/aromatic N) is 2. The average molecular weight is 298 g/mol. The van der Waals surface area contributed by atoms with Crippen LogP contribution in [0.15, 0.2) is 4.99 Å². The number of rotatable bonds is 7. The number of hydrogen-bond acceptors (Lipinski definition) is 3. The van der Waals surface area contributed by atoms with E-state index in [1.54, 1.807) is 0 Å². The lowest BCUT2D eigenvalue weighted by atomic mass is 9.89. The van der Waals surface area contributed by atoms with E-state index in [0.29, 0.717) is 5.92 Å². The van der Waals surface area contributed by atoms with Crippen molar-refractivity contribution >= 4 is 5.96 Å². The van der Waals surface area contributed by atoms with Crippen molar-refractivity contribution in [3.8, 4) is 0 Å². The molecule has 0 aromatic carbocycles. The molecule has 0 aromatic rings. The molecule has 1 aliphatic heterocycles. The van der Waals surface area contributed by atoms with Crippen LogP contribution in [-0.4, -0.2) is 63.3 Å². The third-order valence-electron chi connectivity index (χ3n) is 4.26. The van der Waals surface area contributed by atoms with E-state index >= 15 is 0 Å². The van der Waals surface area contributed by atoms with Crippen molar-refractivity contribution in [1.82, 2.24) is 15.5 Å². The fourth-order valence-corrected chi connectivity index (χ4v) is 2.55. The summed E-state index contributed by atoms with van der Waals surface area (Å²) in [6, 6.07) is 0. The lowest BCUT2D eigenvalue weighted by molar-refractivity contribution is -0.00254. The Hall–Kier alpha value is -0.810. The van der Waals surface area contributed by atoms with Crippen LogP contribution < -0.4 is 10.6 Å². The smallest absolute Gasteiger partial charge is 0.191 e. The Morgan fingerprint density at radius 1 is 1.24 bits per heavy atom. The van der Waals surface area contributed by atoms with Gasteiger partial charge in [-0.3, -0.25) is 4.99 Å². The molecule has 0 amide bonds. The standard InChI is InChI=1S/C16H34N4O/c1-6-17-15(18-10-7-14(2)3)19-13-16(20(4)5)8-11-21-12-9-16/h14H,6-13H2,1-5H3,(H2,17,18,19). The van der Waals surface area contributed by atoms with E-state index in [0.717, 1.165) is 58.1 Å². The summed E-state index contributed by atoms with van der Waals surface area (Å²) in [5, 5.41) is 6.78. The van der Waals surface area contributed by atoms with Gasteiger partial charge < -0.3 is 20.3 Å². The van der Waals surface area contributed by atoms with Gasteiger partial charge in [-0.1, -0.05) is 13.8 Å². The molecular weight excluding hydrogens is 264 g/mol. The third-order valence-corrected chi connectivity index (χ3v) is 4.26. The lowest BCUT2D eigenvalue weighted by Crippen LogP contribution is -2.51. The van der Waals surface area contributed by atoms with Crippen molar-refractivity contribution in [3.63, 3.8) is 0 Å². The maximum atomic E-state index is 5.51. The summed E-state index contributed by atoms with van der Waals surface area (Å²) in [5.74, 6) is 1.65. The van der Waals surface area contributed by atoms with Crippen LogP contribution in [0.2, 0.25) is 0 Å². The predicted octanol–water partition coefficient (Wildman–Crippen LogP) is 1.70. The first-order valence-corrected chi connectivity index (χ1v) is 8.27. The molecule has 0 bridgehead atoms. The van der Waals surface area contributed by atoms with E-state index in [-0.39, 0.29) is 5.54 Å². The highest BCUT2D eigenvalue weighted by Gasteiger charge is 2.34. The van der Waals surface area contributed by atoms with Gasteiger partial charge in [-0.25, -0.2) is 0 Å². The minimum Gasteiger partial charge on any atom is -0.381 e. The van der Waals surface area contributed by atoms with E-state index < -0.39 is 0 Å². The average Bonchev–Trinajstić information content (AvgIpc) is 2.45. The second kappa shape index (κ2) is 9.26. The Balaban J connectivity index is 2.60. The number of hydrogen-bond donors (Lipinski definition) is 2. The van der Waals surface area contributed by atoms with Gasteiger partial charge in [0.05, 0.1) is 6.54 Å². The van der Waals surface area contributed by atoms with E-state index in [1.165, 1.54) is 0 Å². The molecule has 1 heterocycles. The van der Waals surface area contributed by atoms with Gasteiger partial charge >= 0.3 is 0 Å². The molecule has 0 aromatic heterocycles. The van der Waals surface area contributed by atoms with Gasteiger partial charge in [-0.15, -0.1) is 0 Å². The topological polar surface area (TPSA) is 48.9 Å². The Morgan fingerprint density at radius 2 is 1.90 bits per heavy atom. The zero-order chi connectivity index (χ0) is 15.7. The van der Waals surface area contributed by atoms with Gasteiger partial charge in [0.2, 0.25) is 0 Å². The molecule has 1 saturated heterocycles. The number of guanidine groups is 1. The van der Waals surface area contributed by atoms with E-state index in [1.807, 2.05) is 0 Å². The molecule has 1 rings (SSSR count). The molecule has 0 saturated carbocycles. The third kappa shape index (κ3) is 6.22. The Kier molecular flexibility index (Phi) is 8.04. The first-order valence-electron chi connectivity index (χ1n) is 8.27. The number of nitrogens with one attached hydrogen (secondary N) is 2. The van der Waals surface area contributed by atoms with Crippen LogP contribution in [0.4, 0.5) is 0 Å². The maximum absolute atomic E-state index is 5.51. The summed E-state index contributed by atoms with van der Waals surface area (Å²) in [7, 11) is 4.31. The highest BCUT2D eigenvalue weighted by atomic mass is 16.5. The van der Waals surface area contributed by atoms with Gasteiger partial charge in [0, 0.05) is 31.8 Å². The second-order valence-corrected chi connectivity index (χ2v) is 6.54. The van der Waals surface area contributed by atoms with Crippen LogP contribution in [0.5, 0.6) is 0 Å². The van der Waals surface area contributed by atoms with Crippen molar-refractivity contribution < 1.29 is 4.74 Å². The molecule has 2 N–H and O–H groups in total. The first kappa shape index (κ1) is 18.2. The molecule has 21 heavy (non-hydrogen) atoms. The van der Waals surface area contributed by atoms with Gasteiger partial charge in [-0.2, -0.15) is 0 Å². The van der Waals surface area contributed by atoms with Crippen LogP contribution in [-0.2, 0) is 4.74 Å². The van der Waals surface area contributed by atoms with Gasteiger partial charge in [0.15, 0.2) is 5.96 Å². The summed E-state index contributed by atoms with van der Waals surface area (Å²) < 4.78 is 5.51. The minimum atomic E-state index is 0.138. The molecule has 0 atom stereocenters. The zero-order valence-corrected chi connectivity index (χ0v) is 14.5. The monoisotopic (exact) mass is 298 g/mol. The van der Waals surface area contributed by atoms with Gasteiger partial charge in [-0.05, 0) is 46.2 Å². The van der Waals surface area contributed by atoms with E-state index in [2.05, 4.69) is 50.4 Å². The highest BCUT2D eigenvalue weighted by molar-refractivity contribution is 5.79. The lowest BCUT2D eigenvalue weighted by Gasteiger charge is -2.41. The molecule has 0 unspecified atom stereocenters. The fourth-order valence-electron chi connectivity index (χ4n) is 2.55.